The van der Waals surface area contributed by atoms with E-state index in [1.54, 1.807) is 0 Å². The van der Waals surface area contributed by atoms with Gasteiger partial charge in [-0.05, 0) is 49.4 Å². The molecule has 3 nitrogen and oxygen atoms in total. The van der Waals surface area contributed by atoms with Gasteiger partial charge < -0.3 is 9.64 Å². The lowest BCUT2D eigenvalue weighted by atomic mass is 9.75. The van der Waals surface area contributed by atoms with Gasteiger partial charge in [0, 0.05) is 11.0 Å². The third-order valence-corrected chi connectivity index (χ3v) is 6.65. The van der Waals surface area contributed by atoms with Gasteiger partial charge in [-0.3, -0.25) is 0 Å². The zero-order chi connectivity index (χ0) is 15.9. The highest BCUT2D eigenvalue weighted by atomic mass is 79.9. The minimum Gasteiger partial charge on any atom is -0.446 e. The largest absolute Gasteiger partial charge is 0.446 e. The third kappa shape index (κ3) is 3.22. The summed E-state index contributed by atoms with van der Waals surface area (Å²) in [4.78, 5) is 14.7. The van der Waals surface area contributed by atoms with Crippen molar-refractivity contribution >= 4 is 22.0 Å². The van der Waals surface area contributed by atoms with Crippen molar-refractivity contribution in [3.8, 4) is 0 Å². The molecule has 0 unspecified atom stereocenters. The monoisotopic (exact) mass is 369 g/mol. The van der Waals surface area contributed by atoms with E-state index in [9.17, 15) is 4.79 Å². The van der Waals surface area contributed by atoms with Crippen molar-refractivity contribution in [1.29, 1.82) is 0 Å². The number of allylic oxidation sites excluding steroid dienone is 1. The summed E-state index contributed by atoms with van der Waals surface area (Å²) >= 11 is 3.63. The van der Waals surface area contributed by atoms with E-state index in [2.05, 4.69) is 42.8 Å². The first-order valence-electron chi connectivity index (χ1n) is 8.78. The van der Waals surface area contributed by atoms with Crippen molar-refractivity contribution in [3.63, 3.8) is 0 Å². The summed E-state index contributed by atoms with van der Waals surface area (Å²) < 4.78 is 7.18. The number of ether oxygens (including phenoxy) is 1. The fraction of sp³-hybridized carbons (Fsp3) is 0.833. The molecule has 1 aliphatic heterocycles. The summed E-state index contributed by atoms with van der Waals surface area (Å²) in [6, 6.07) is 0.213. The van der Waals surface area contributed by atoms with E-state index in [0.29, 0.717) is 23.7 Å². The summed E-state index contributed by atoms with van der Waals surface area (Å²) in [5.41, 5.74) is 0. The lowest BCUT2D eigenvalue weighted by Crippen LogP contribution is -2.42. The Kier molecular flexibility index (Phi) is 4.86. The Bertz CT molecular complexity index is 462. The van der Waals surface area contributed by atoms with Gasteiger partial charge in [-0.1, -0.05) is 49.2 Å². The normalized spacial score (nSPS) is 38.1. The van der Waals surface area contributed by atoms with Crippen molar-refractivity contribution in [2.24, 2.45) is 23.7 Å². The number of hydrogen-bond donors (Lipinski definition) is 0. The highest BCUT2D eigenvalue weighted by Crippen LogP contribution is 2.40. The molecule has 3 rings (SSSR count). The maximum absolute atomic E-state index is 12.7. The van der Waals surface area contributed by atoms with Crippen LogP contribution in [0.3, 0.4) is 0 Å². The van der Waals surface area contributed by atoms with Gasteiger partial charge in [0.2, 0.25) is 0 Å². The van der Waals surface area contributed by atoms with Gasteiger partial charge >= 0.3 is 6.09 Å². The summed E-state index contributed by atoms with van der Waals surface area (Å²) in [7, 11) is 0. The van der Waals surface area contributed by atoms with Crippen LogP contribution in [0.5, 0.6) is 0 Å². The molecule has 3 aliphatic rings. The molecular weight excluding hydrogens is 342 g/mol. The van der Waals surface area contributed by atoms with Gasteiger partial charge in [-0.25, -0.2) is 4.79 Å². The van der Waals surface area contributed by atoms with Crippen LogP contribution in [-0.2, 0) is 4.74 Å². The molecule has 2 fully saturated rings. The van der Waals surface area contributed by atoms with E-state index in [1.165, 1.54) is 12.8 Å². The van der Waals surface area contributed by atoms with E-state index in [-0.39, 0.29) is 18.2 Å². The molecule has 0 aromatic heterocycles. The van der Waals surface area contributed by atoms with Crippen molar-refractivity contribution in [2.45, 2.75) is 65.0 Å². The number of likely N-dealkylation sites (tertiary alicyclic amines) is 1. The number of amides is 1. The van der Waals surface area contributed by atoms with Crippen LogP contribution in [0.1, 0.15) is 52.9 Å². The maximum atomic E-state index is 12.7. The predicted octanol–water partition coefficient (Wildman–Crippen LogP) is 4.96. The van der Waals surface area contributed by atoms with Crippen molar-refractivity contribution < 1.29 is 9.53 Å². The zero-order valence-corrected chi connectivity index (χ0v) is 15.5. The number of carbonyl (C=O) groups excluding carboxylic acids is 1. The van der Waals surface area contributed by atoms with Crippen molar-refractivity contribution in [2.75, 3.05) is 6.54 Å². The van der Waals surface area contributed by atoms with E-state index in [0.717, 1.165) is 30.3 Å². The third-order valence-electron chi connectivity index (χ3n) is 5.80. The molecule has 0 aromatic carbocycles. The second-order valence-electron chi connectivity index (χ2n) is 7.84. The molecule has 0 N–H and O–H groups in total. The van der Waals surface area contributed by atoms with Gasteiger partial charge in [0.05, 0.1) is 6.04 Å². The van der Waals surface area contributed by atoms with Crippen molar-refractivity contribution in [1.82, 2.24) is 4.90 Å². The van der Waals surface area contributed by atoms with E-state index in [1.807, 2.05) is 4.90 Å². The average Bonchev–Trinajstić information content (AvgIpc) is 2.82. The molecule has 5 atom stereocenters. The molecular formula is C18H28BrNO2. The fourth-order valence-electron chi connectivity index (χ4n) is 4.42. The lowest BCUT2D eigenvalue weighted by Gasteiger charge is -2.38. The van der Waals surface area contributed by atoms with Gasteiger partial charge in [0.1, 0.15) is 6.10 Å². The SMILES string of the molecule is CC(C)[C@@H]1CC[C@@H](C)C[C@H]1OC(=O)N1C[C@@H]2CC=C(Br)[C@H]1C2. The van der Waals surface area contributed by atoms with E-state index >= 15 is 0 Å². The minimum atomic E-state index is -0.0931. The molecule has 0 aromatic rings. The minimum absolute atomic E-state index is 0.0931. The quantitative estimate of drug-likeness (QED) is 0.688. The van der Waals surface area contributed by atoms with Crippen LogP contribution in [0.4, 0.5) is 4.79 Å². The Hall–Kier alpha value is -0.510. The molecule has 1 amide bonds. The Balaban J connectivity index is 1.66. The number of hydrogen-bond acceptors (Lipinski definition) is 2. The summed E-state index contributed by atoms with van der Waals surface area (Å²) in [5.74, 6) is 2.37. The second kappa shape index (κ2) is 6.54. The highest BCUT2D eigenvalue weighted by Gasteiger charge is 2.41. The van der Waals surface area contributed by atoms with Crippen molar-refractivity contribution in [3.05, 3.63) is 10.6 Å². The van der Waals surface area contributed by atoms with Gasteiger partial charge in [0.25, 0.3) is 0 Å². The zero-order valence-electron chi connectivity index (χ0n) is 13.9. The first-order valence-corrected chi connectivity index (χ1v) is 9.57. The number of carbonyl (C=O) groups is 1. The van der Waals surface area contributed by atoms with E-state index < -0.39 is 0 Å². The van der Waals surface area contributed by atoms with Crippen LogP contribution >= 0.6 is 15.9 Å². The molecule has 1 heterocycles. The first kappa shape index (κ1) is 16.4. The number of halogens is 1. The molecule has 0 spiro atoms. The van der Waals surface area contributed by atoms with Crippen LogP contribution in [0, 0.1) is 23.7 Å². The summed E-state index contributed by atoms with van der Waals surface area (Å²) in [6.45, 7) is 7.64. The molecule has 1 saturated carbocycles. The Labute approximate surface area is 142 Å². The topological polar surface area (TPSA) is 29.5 Å². The van der Waals surface area contributed by atoms with Crippen LogP contribution in [0.25, 0.3) is 0 Å². The molecule has 2 aliphatic carbocycles. The number of rotatable bonds is 2. The maximum Gasteiger partial charge on any atom is 0.410 e. The Morgan fingerprint density at radius 1 is 1.36 bits per heavy atom. The van der Waals surface area contributed by atoms with Crippen LogP contribution in [-0.4, -0.2) is 29.7 Å². The average molecular weight is 370 g/mol. The molecule has 2 bridgehead atoms. The van der Waals surface area contributed by atoms with Gasteiger partial charge in [0.15, 0.2) is 0 Å². The second-order valence-corrected chi connectivity index (χ2v) is 8.76. The number of fused-ring (bicyclic) bond motifs is 2. The van der Waals surface area contributed by atoms with Crippen LogP contribution in [0.2, 0.25) is 0 Å². The first-order chi connectivity index (χ1) is 10.5. The van der Waals surface area contributed by atoms with Gasteiger partial charge in [-0.2, -0.15) is 0 Å². The number of nitrogens with zero attached hydrogens (tertiary/aromatic N) is 1. The van der Waals surface area contributed by atoms with E-state index in [4.69, 9.17) is 4.74 Å². The van der Waals surface area contributed by atoms with Crippen LogP contribution < -0.4 is 0 Å². The smallest absolute Gasteiger partial charge is 0.410 e. The standard InChI is InChI=1S/C18H28BrNO2/c1-11(2)14-6-4-12(3)8-17(14)22-18(21)20-10-13-5-7-15(19)16(20)9-13/h7,11-14,16-17H,4-6,8-10H2,1-3H3/t12-,13-,14+,16-,17-/m1/s1. The van der Waals surface area contributed by atoms with Crippen LogP contribution in [0.15, 0.2) is 10.6 Å². The molecule has 1 saturated heterocycles. The summed E-state index contributed by atoms with van der Waals surface area (Å²) in [5, 5.41) is 0. The highest BCUT2D eigenvalue weighted by molar-refractivity contribution is 9.11. The molecule has 22 heavy (non-hydrogen) atoms. The Morgan fingerprint density at radius 2 is 2.14 bits per heavy atom. The molecule has 0 radical (unpaired) electrons. The Morgan fingerprint density at radius 3 is 2.86 bits per heavy atom. The predicted molar refractivity (Wildman–Crippen MR) is 91.8 cm³/mol. The van der Waals surface area contributed by atoms with Gasteiger partial charge in [-0.15, -0.1) is 0 Å². The summed E-state index contributed by atoms with van der Waals surface area (Å²) in [6.07, 6.45) is 7.87. The lowest BCUT2D eigenvalue weighted by molar-refractivity contribution is -0.0102. The fourth-order valence-corrected chi connectivity index (χ4v) is 5.04. The molecule has 4 heteroatoms. The molecule has 124 valence electrons.